The number of aromatic nitrogens is 4. The van der Waals surface area contributed by atoms with E-state index in [2.05, 4.69) is 56.3 Å². The number of nitrogens with zero attached hydrogens (tertiary/aromatic N) is 7. The van der Waals surface area contributed by atoms with Crippen molar-refractivity contribution in [3.63, 3.8) is 0 Å². The predicted octanol–water partition coefficient (Wildman–Crippen LogP) is 1.92. The second-order valence-electron chi connectivity index (χ2n) is 9.00. The zero-order chi connectivity index (χ0) is 22.6. The number of piperazine rings is 1. The quantitative estimate of drug-likeness (QED) is 0.548. The number of benzene rings is 1. The molecule has 2 aliphatic rings. The van der Waals surface area contributed by atoms with Crippen molar-refractivity contribution in [1.82, 2.24) is 29.3 Å². The minimum Gasteiger partial charge on any atom is -0.379 e. The third kappa shape index (κ3) is 5.10. The Morgan fingerprint density at radius 1 is 0.939 bits per heavy atom. The molecule has 3 aromatic rings. The van der Waals surface area contributed by atoms with E-state index >= 15 is 0 Å². The van der Waals surface area contributed by atoms with E-state index in [0.717, 1.165) is 100 Å². The van der Waals surface area contributed by atoms with Gasteiger partial charge < -0.3 is 24.4 Å². The minimum absolute atomic E-state index is 0.728. The van der Waals surface area contributed by atoms with Gasteiger partial charge in [-0.1, -0.05) is 0 Å². The van der Waals surface area contributed by atoms with Crippen molar-refractivity contribution in [1.29, 1.82) is 0 Å². The highest BCUT2D eigenvalue weighted by molar-refractivity contribution is 5.85. The zero-order valence-corrected chi connectivity index (χ0v) is 19.7. The number of imidazole rings is 1. The van der Waals surface area contributed by atoms with Gasteiger partial charge in [-0.05, 0) is 44.3 Å². The molecule has 0 saturated carbocycles. The summed E-state index contributed by atoms with van der Waals surface area (Å²) >= 11 is 0. The van der Waals surface area contributed by atoms with Crippen LogP contribution in [0.25, 0.3) is 22.6 Å². The predicted molar refractivity (Wildman–Crippen MR) is 132 cm³/mol. The summed E-state index contributed by atoms with van der Waals surface area (Å²) in [5.41, 5.74) is 3.95. The Kier molecular flexibility index (Phi) is 6.70. The molecular weight excluding hydrogens is 416 g/mol. The maximum Gasteiger partial charge on any atom is 0.165 e. The molecule has 9 nitrogen and oxygen atoms in total. The summed E-state index contributed by atoms with van der Waals surface area (Å²) in [6.07, 6.45) is 2.85. The molecule has 1 N–H and O–H groups in total. The lowest BCUT2D eigenvalue weighted by Crippen LogP contribution is -2.44. The number of hydrogen-bond acceptors (Lipinski definition) is 8. The van der Waals surface area contributed by atoms with Gasteiger partial charge in [0.1, 0.15) is 5.52 Å². The van der Waals surface area contributed by atoms with Crippen LogP contribution in [0.3, 0.4) is 0 Å². The van der Waals surface area contributed by atoms with Crippen molar-refractivity contribution in [2.24, 2.45) is 7.05 Å². The van der Waals surface area contributed by atoms with Gasteiger partial charge in [-0.25, -0.2) is 15.0 Å². The summed E-state index contributed by atoms with van der Waals surface area (Å²) in [6, 6.07) is 8.64. The fourth-order valence-corrected chi connectivity index (χ4v) is 4.48. The van der Waals surface area contributed by atoms with E-state index in [1.165, 1.54) is 5.69 Å². The van der Waals surface area contributed by atoms with E-state index in [0.29, 0.717) is 0 Å². The average molecular weight is 451 g/mol. The van der Waals surface area contributed by atoms with E-state index in [4.69, 9.17) is 14.7 Å². The molecular formula is C24H34N8O. The number of nitrogens with one attached hydrogen (secondary N) is 1. The highest BCUT2D eigenvalue weighted by Crippen LogP contribution is 2.26. The number of ether oxygens (including phenoxy) is 1. The van der Waals surface area contributed by atoms with Crippen molar-refractivity contribution in [3.8, 4) is 11.4 Å². The minimum atomic E-state index is 0.728. The van der Waals surface area contributed by atoms with Crippen LogP contribution in [0, 0.1) is 0 Å². The maximum absolute atomic E-state index is 5.44. The average Bonchev–Trinajstić information content (AvgIpc) is 3.24. The molecule has 0 atom stereocenters. The highest BCUT2D eigenvalue weighted by Gasteiger charge is 2.16. The van der Waals surface area contributed by atoms with E-state index in [1.807, 2.05) is 11.6 Å². The smallest absolute Gasteiger partial charge is 0.165 e. The second-order valence-corrected chi connectivity index (χ2v) is 9.00. The van der Waals surface area contributed by atoms with Gasteiger partial charge in [0.15, 0.2) is 17.3 Å². The number of likely N-dealkylation sites (N-methyl/N-ethyl adjacent to an activating group) is 1. The van der Waals surface area contributed by atoms with Crippen molar-refractivity contribution < 1.29 is 4.74 Å². The molecule has 0 spiro atoms. The van der Waals surface area contributed by atoms with Crippen LogP contribution in [0.1, 0.15) is 6.42 Å². The number of rotatable bonds is 7. The standard InChI is InChI=1S/C24H34N8O/c1-29-10-12-32(13-11-29)20-6-4-19(5-7-20)22-27-23(21-24(28-22)30(2)18-26-21)25-8-3-9-31-14-16-33-17-15-31/h4-7,18H,3,8-17H2,1-2H3,(H,25,27,28). The maximum atomic E-state index is 5.44. The summed E-state index contributed by atoms with van der Waals surface area (Å²) in [5.74, 6) is 1.53. The van der Waals surface area contributed by atoms with Crippen molar-refractivity contribution in [2.75, 3.05) is 82.8 Å². The molecule has 2 aromatic heterocycles. The van der Waals surface area contributed by atoms with Crippen LogP contribution < -0.4 is 10.2 Å². The number of morpholine rings is 1. The molecule has 0 radical (unpaired) electrons. The normalized spacial score (nSPS) is 18.2. The first-order valence-corrected chi connectivity index (χ1v) is 11.9. The van der Waals surface area contributed by atoms with Crippen molar-refractivity contribution in [3.05, 3.63) is 30.6 Å². The molecule has 33 heavy (non-hydrogen) atoms. The fourth-order valence-electron chi connectivity index (χ4n) is 4.48. The van der Waals surface area contributed by atoms with Gasteiger partial charge >= 0.3 is 0 Å². The van der Waals surface area contributed by atoms with Gasteiger partial charge in [0.25, 0.3) is 0 Å². The van der Waals surface area contributed by atoms with Crippen molar-refractivity contribution >= 4 is 22.7 Å². The molecule has 2 saturated heterocycles. The first-order valence-electron chi connectivity index (χ1n) is 11.9. The largest absolute Gasteiger partial charge is 0.379 e. The molecule has 176 valence electrons. The molecule has 2 fully saturated rings. The SMILES string of the molecule is CN1CCN(c2ccc(-c3nc(NCCCN4CCOCC4)c4ncn(C)c4n3)cc2)CC1. The molecule has 4 heterocycles. The van der Waals surface area contributed by atoms with Crippen LogP contribution in [0.15, 0.2) is 30.6 Å². The Balaban J connectivity index is 1.30. The van der Waals surface area contributed by atoms with Crippen LogP contribution in [0.2, 0.25) is 0 Å². The van der Waals surface area contributed by atoms with Crippen molar-refractivity contribution in [2.45, 2.75) is 6.42 Å². The Labute approximate surface area is 195 Å². The van der Waals surface area contributed by atoms with Crippen LogP contribution in [-0.2, 0) is 11.8 Å². The zero-order valence-electron chi connectivity index (χ0n) is 19.7. The number of aryl methyl sites for hydroxylation is 1. The lowest BCUT2D eigenvalue weighted by Gasteiger charge is -2.34. The molecule has 0 aliphatic carbocycles. The molecule has 5 rings (SSSR count). The van der Waals surface area contributed by atoms with Crippen LogP contribution in [0.4, 0.5) is 11.5 Å². The van der Waals surface area contributed by atoms with Gasteiger partial charge in [0, 0.05) is 64.1 Å². The summed E-state index contributed by atoms with van der Waals surface area (Å²) in [7, 11) is 4.16. The van der Waals surface area contributed by atoms with E-state index in [9.17, 15) is 0 Å². The third-order valence-corrected chi connectivity index (χ3v) is 6.60. The number of fused-ring (bicyclic) bond motifs is 1. The molecule has 0 unspecified atom stereocenters. The van der Waals surface area contributed by atoms with Gasteiger partial charge in [-0.2, -0.15) is 0 Å². The summed E-state index contributed by atoms with van der Waals surface area (Å²) in [6.45, 7) is 9.95. The van der Waals surface area contributed by atoms with Crippen LogP contribution in [0.5, 0.6) is 0 Å². The molecule has 1 aromatic carbocycles. The third-order valence-electron chi connectivity index (χ3n) is 6.60. The van der Waals surface area contributed by atoms with Gasteiger partial charge in [0.05, 0.1) is 19.5 Å². The second kappa shape index (κ2) is 10.0. The van der Waals surface area contributed by atoms with Gasteiger partial charge in [-0.3, -0.25) is 4.90 Å². The number of anilines is 2. The topological polar surface area (TPSA) is 74.6 Å². The summed E-state index contributed by atoms with van der Waals surface area (Å²) in [5, 5.41) is 3.52. The van der Waals surface area contributed by atoms with Crippen LogP contribution in [-0.4, -0.2) is 102 Å². The Hall–Kier alpha value is -2.75. The van der Waals surface area contributed by atoms with Crippen LogP contribution >= 0.6 is 0 Å². The van der Waals surface area contributed by atoms with Gasteiger partial charge in [-0.15, -0.1) is 0 Å². The Bertz CT molecular complexity index is 1050. The first kappa shape index (κ1) is 22.1. The molecule has 0 bridgehead atoms. The number of hydrogen-bond donors (Lipinski definition) is 1. The fraction of sp³-hybridized carbons (Fsp3) is 0.542. The first-order chi connectivity index (χ1) is 16.2. The molecule has 0 amide bonds. The summed E-state index contributed by atoms with van der Waals surface area (Å²) < 4.78 is 7.39. The lowest BCUT2D eigenvalue weighted by molar-refractivity contribution is 0.0378. The Morgan fingerprint density at radius 3 is 2.45 bits per heavy atom. The highest BCUT2D eigenvalue weighted by atomic mass is 16.5. The van der Waals surface area contributed by atoms with E-state index < -0.39 is 0 Å². The van der Waals surface area contributed by atoms with Gasteiger partial charge in [0.2, 0.25) is 0 Å². The van der Waals surface area contributed by atoms with E-state index in [1.54, 1.807) is 6.33 Å². The molecule has 9 heteroatoms. The lowest BCUT2D eigenvalue weighted by atomic mass is 10.1. The van der Waals surface area contributed by atoms with E-state index in [-0.39, 0.29) is 0 Å². The Morgan fingerprint density at radius 2 is 1.70 bits per heavy atom. The molecule has 2 aliphatic heterocycles. The summed E-state index contributed by atoms with van der Waals surface area (Å²) in [4.78, 5) is 21.5. The monoisotopic (exact) mass is 450 g/mol.